The Morgan fingerprint density at radius 3 is 2.95 bits per heavy atom. The fourth-order valence-corrected chi connectivity index (χ4v) is 2.66. The van der Waals surface area contributed by atoms with Crippen LogP contribution in [0, 0.1) is 5.41 Å². The van der Waals surface area contributed by atoms with E-state index in [1.54, 1.807) is 18.9 Å². The molecule has 100 valence electrons. The highest BCUT2D eigenvalue weighted by molar-refractivity contribution is 7.99. The number of hydrogen-bond donors (Lipinski definition) is 2. The summed E-state index contributed by atoms with van der Waals surface area (Å²) in [5.41, 5.74) is 7.28. The maximum absolute atomic E-state index is 7.68. The molecule has 0 fully saturated rings. The summed E-state index contributed by atoms with van der Waals surface area (Å²) in [5, 5.41) is 9.51. The summed E-state index contributed by atoms with van der Waals surface area (Å²) >= 11 is 1.66. The molecular formula is C14H17N3OS. The van der Waals surface area contributed by atoms with Crippen LogP contribution in [0.5, 0.6) is 0 Å². The fourth-order valence-electron chi connectivity index (χ4n) is 1.83. The van der Waals surface area contributed by atoms with Gasteiger partial charge in [0.05, 0.1) is 10.5 Å². The van der Waals surface area contributed by atoms with Crippen LogP contribution in [0.2, 0.25) is 0 Å². The van der Waals surface area contributed by atoms with Crippen molar-refractivity contribution in [2.75, 3.05) is 19.5 Å². The molecule has 1 aromatic carbocycles. The third-order valence-electron chi connectivity index (χ3n) is 2.73. The molecule has 0 saturated carbocycles. The SMILES string of the molecule is COCCCSc1cc(C(=N)N)c2ccccc2n1. The van der Waals surface area contributed by atoms with E-state index in [-0.39, 0.29) is 5.84 Å². The molecule has 0 unspecified atom stereocenters. The van der Waals surface area contributed by atoms with Crippen LogP contribution >= 0.6 is 11.8 Å². The van der Waals surface area contributed by atoms with E-state index in [9.17, 15) is 0 Å². The molecule has 5 heteroatoms. The lowest BCUT2D eigenvalue weighted by atomic mass is 10.1. The fraction of sp³-hybridized carbons (Fsp3) is 0.286. The van der Waals surface area contributed by atoms with Crippen LogP contribution in [0.1, 0.15) is 12.0 Å². The predicted octanol–water partition coefficient (Wildman–Crippen LogP) is 2.65. The lowest BCUT2D eigenvalue weighted by Crippen LogP contribution is -2.12. The normalized spacial score (nSPS) is 10.8. The van der Waals surface area contributed by atoms with E-state index in [1.165, 1.54) is 0 Å². The van der Waals surface area contributed by atoms with Crippen LogP contribution in [0.4, 0.5) is 0 Å². The number of nitrogens with two attached hydrogens (primary N) is 1. The first-order valence-electron chi connectivity index (χ1n) is 6.08. The number of aromatic nitrogens is 1. The van der Waals surface area contributed by atoms with Crippen LogP contribution in [-0.4, -0.2) is 30.3 Å². The van der Waals surface area contributed by atoms with E-state index >= 15 is 0 Å². The number of nitrogen functional groups attached to an aromatic ring is 1. The van der Waals surface area contributed by atoms with Crippen molar-refractivity contribution in [1.82, 2.24) is 4.98 Å². The van der Waals surface area contributed by atoms with E-state index in [0.29, 0.717) is 0 Å². The van der Waals surface area contributed by atoms with Crippen molar-refractivity contribution < 1.29 is 4.74 Å². The number of hydrogen-bond acceptors (Lipinski definition) is 4. The standard InChI is InChI=1S/C14H17N3OS/c1-18-7-4-8-19-13-9-11(14(15)16)10-5-2-3-6-12(10)17-13/h2-3,5-6,9H,4,7-8H2,1H3,(H3,15,16). The largest absolute Gasteiger partial charge is 0.385 e. The highest BCUT2D eigenvalue weighted by atomic mass is 32.2. The number of amidine groups is 1. The minimum absolute atomic E-state index is 0.0809. The summed E-state index contributed by atoms with van der Waals surface area (Å²) < 4.78 is 5.02. The van der Waals surface area contributed by atoms with Gasteiger partial charge in [0.2, 0.25) is 0 Å². The Hall–Kier alpha value is -1.59. The van der Waals surface area contributed by atoms with Crippen molar-refractivity contribution in [3.63, 3.8) is 0 Å². The number of benzene rings is 1. The van der Waals surface area contributed by atoms with Gasteiger partial charge in [-0.1, -0.05) is 18.2 Å². The van der Waals surface area contributed by atoms with Gasteiger partial charge in [0.15, 0.2) is 0 Å². The second kappa shape index (κ2) is 6.54. The molecule has 0 saturated heterocycles. The van der Waals surface area contributed by atoms with Crippen LogP contribution < -0.4 is 5.73 Å². The van der Waals surface area contributed by atoms with E-state index in [0.717, 1.165) is 40.3 Å². The van der Waals surface area contributed by atoms with Crippen molar-refractivity contribution in [1.29, 1.82) is 5.41 Å². The first-order valence-corrected chi connectivity index (χ1v) is 7.07. The molecule has 0 aliphatic heterocycles. The molecule has 2 aromatic rings. The maximum Gasteiger partial charge on any atom is 0.123 e. The van der Waals surface area contributed by atoms with E-state index in [2.05, 4.69) is 4.98 Å². The lowest BCUT2D eigenvalue weighted by Gasteiger charge is -2.08. The molecule has 0 atom stereocenters. The zero-order valence-corrected chi connectivity index (χ0v) is 11.7. The molecule has 3 N–H and O–H groups in total. The molecular weight excluding hydrogens is 258 g/mol. The monoisotopic (exact) mass is 275 g/mol. The lowest BCUT2D eigenvalue weighted by molar-refractivity contribution is 0.200. The number of para-hydroxylation sites is 1. The second-order valence-corrected chi connectivity index (χ2v) is 5.25. The average molecular weight is 275 g/mol. The summed E-state index contributed by atoms with van der Waals surface area (Å²) in [4.78, 5) is 4.59. The molecule has 0 amide bonds. The summed E-state index contributed by atoms with van der Waals surface area (Å²) in [6, 6.07) is 9.65. The van der Waals surface area contributed by atoms with Gasteiger partial charge in [0.25, 0.3) is 0 Å². The molecule has 1 heterocycles. The zero-order chi connectivity index (χ0) is 13.7. The number of nitrogens with zero attached hydrogens (tertiary/aromatic N) is 1. The number of fused-ring (bicyclic) bond motifs is 1. The first-order chi connectivity index (χ1) is 9.22. The third-order valence-corrected chi connectivity index (χ3v) is 3.72. The molecule has 4 nitrogen and oxygen atoms in total. The minimum atomic E-state index is 0.0809. The highest BCUT2D eigenvalue weighted by Crippen LogP contribution is 2.24. The van der Waals surface area contributed by atoms with E-state index < -0.39 is 0 Å². The summed E-state index contributed by atoms with van der Waals surface area (Å²) in [5.74, 6) is 1.02. The smallest absolute Gasteiger partial charge is 0.123 e. The van der Waals surface area contributed by atoms with Crippen molar-refractivity contribution in [2.24, 2.45) is 5.73 Å². The Kier molecular flexibility index (Phi) is 4.76. The maximum atomic E-state index is 7.68. The number of thioether (sulfide) groups is 1. The third kappa shape index (κ3) is 3.45. The van der Waals surface area contributed by atoms with E-state index in [1.807, 2.05) is 30.3 Å². The number of nitrogens with one attached hydrogen (secondary N) is 1. The van der Waals surface area contributed by atoms with E-state index in [4.69, 9.17) is 15.9 Å². The molecule has 0 radical (unpaired) electrons. The number of ether oxygens (including phenoxy) is 1. The Labute approximate surface area is 116 Å². The molecule has 0 spiro atoms. The van der Waals surface area contributed by atoms with Gasteiger partial charge < -0.3 is 10.5 Å². The topological polar surface area (TPSA) is 72.0 Å². The van der Waals surface area contributed by atoms with Gasteiger partial charge in [-0.25, -0.2) is 4.98 Å². The van der Waals surface area contributed by atoms with Gasteiger partial charge in [-0.2, -0.15) is 0 Å². The Morgan fingerprint density at radius 2 is 2.21 bits per heavy atom. The molecule has 1 aromatic heterocycles. The number of methoxy groups -OCH3 is 1. The summed E-state index contributed by atoms with van der Waals surface area (Å²) in [6.45, 7) is 0.750. The van der Waals surface area contributed by atoms with Gasteiger partial charge >= 0.3 is 0 Å². The number of pyridine rings is 1. The molecule has 0 aliphatic carbocycles. The zero-order valence-electron chi connectivity index (χ0n) is 10.8. The van der Waals surface area contributed by atoms with Gasteiger partial charge in [-0.3, -0.25) is 5.41 Å². The predicted molar refractivity (Wildman–Crippen MR) is 80.0 cm³/mol. The first kappa shape index (κ1) is 13.8. The van der Waals surface area contributed by atoms with Gasteiger partial charge in [0, 0.05) is 30.4 Å². The summed E-state index contributed by atoms with van der Waals surface area (Å²) in [7, 11) is 1.70. The Morgan fingerprint density at radius 1 is 1.42 bits per heavy atom. The molecule has 0 aliphatic rings. The van der Waals surface area contributed by atoms with Gasteiger partial charge in [-0.15, -0.1) is 11.8 Å². The van der Waals surface area contributed by atoms with Gasteiger partial charge in [0.1, 0.15) is 5.84 Å². The average Bonchev–Trinajstić information content (AvgIpc) is 2.42. The van der Waals surface area contributed by atoms with Gasteiger partial charge in [-0.05, 0) is 18.6 Å². The Bertz CT molecular complexity index is 586. The van der Waals surface area contributed by atoms with Crippen LogP contribution in [0.3, 0.4) is 0 Å². The summed E-state index contributed by atoms with van der Waals surface area (Å²) in [6.07, 6.45) is 0.977. The second-order valence-electron chi connectivity index (χ2n) is 4.13. The van der Waals surface area contributed by atoms with Crippen molar-refractivity contribution in [2.45, 2.75) is 11.4 Å². The van der Waals surface area contributed by atoms with Crippen molar-refractivity contribution >= 4 is 28.5 Å². The molecule has 0 bridgehead atoms. The van der Waals surface area contributed by atoms with Crippen LogP contribution in [-0.2, 0) is 4.74 Å². The quantitative estimate of drug-likeness (QED) is 0.368. The van der Waals surface area contributed by atoms with Crippen LogP contribution in [0.15, 0.2) is 35.4 Å². The number of rotatable bonds is 6. The van der Waals surface area contributed by atoms with Crippen LogP contribution in [0.25, 0.3) is 10.9 Å². The highest BCUT2D eigenvalue weighted by Gasteiger charge is 2.08. The minimum Gasteiger partial charge on any atom is -0.385 e. The molecule has 19 heavy (non-hydrogen) atoms. The molecule has 2 rings (SSSR count). The Balaban J connectivity index is 2.27. The van der Waals surface area contributed by atoms with Crippen molar-refractivity contribution in [3.8, 4) is 0 Å². The van der Waals surface area contributed by atoms with Crippen molar-refractivity contribution in [3.05, 3.63) is 35.9 Å².